The quantitative estimate of drug-likeness (QED) is 0.476. The van der Waals surface area contributed by atoms with Crippen LogP contribution in [0.15, 0.2) is 11.1 Å². The summed E-state index contributed by atoms with van der Waals surface area (Å²) < 4.78 is 21.8. The molecule has 142 valence electrons. The number of rotatable bonds is 5. The van der Waals surface area contributed by atoms with Crippen molar-refractivity contribution < 1.29 is 33.3 Å². The lowest BCUT2D eigenvalue weighted by Gasteiger charge is -2.23. The Labute approximate surface area is 147 Å². The number of carbonyl (C=O) groups is 3. The van der Waals surface area contributed by atoms with Gasteiger partial charge in [0, 0.05) is 20.8 Å². The zero-order chi connectivity index (χ0) is 19.4. The number of esters is 3. The van der Waals surface area contributed by atoms with Gasteiger partial charge in [-0.05, 0) is 0 Å². The molecule has 26 heavy (non-hydrogen) atoms. The van der Waals surface area contributed by atoms with Gasteiger partial charge in [0.1, 0.15) is 19.0 Å². The fourth-order valence-electron chi connectivity index (χ4n) is 2.45. The van der Waals surface area contributed by atoms with Gasteiger partial charge in [-0.15, -0.1) is 0 Å². The second kappa shape index (κ2) is 7.91. The van der Waals surface area contributed by atoms with Crippen molar-refractivity contribution in [2.75, 3.05) is 12.3 Å². The summed E-state index contributed by atoms with van der Waals surface area (Å²) in [5, 5.41) is 0. The number of hydrogen-bond donors (Lipinski definition) is 1. The molecule has 1 aromatic rings. The minimum Gasteiger partial charge on any atom is -0.463 e. The number of carbonyl (C=O) groups excluding carboxylic acids is 3. The zero-order valence-corrected chi connectivity index (χ0v) is 14.3. The van der Waals surface area contributed by atoms with Crippen LogP contribution in [0.2, 0.25) is 0 Å². The smallest absolute Gasteiger partial charge is 0.354 e. The first kappa shape index (κ1) is 19.3. The van der Waals surface area contributed by atoms with Gasteiger partial charge in [0.2, 0.25) is 5.95 Å². The van der Waals surface area contributed by atoms with Crippen molar-refractivity contribution in [1.82, 2.24) is 14.5 Å². The molecule has 1 aliphatic rings. The molecular weight excluding hydrogens is 352 g/mol. The summed E-state index contributed by atoms with van der Waals surface area (Å²) >= 11 is 0. The molecule has 0 aliphatic carbocycles. The number of hydrogen-bond acceptors (Lipinski definition) is 11. The number of ether oxygens (including phenoxy) is 4. The molecule has 0 aromatic carbocycles. The average Bonchev–Trinajstić information content (AvgIpc) is 2.82. The summed E-state index contributed by atoms with van der Waals surface area (Å²) in [7, 11) is 0. The van der Waals surface area contributed by atoms with E-state index in [9.17, 15) is 19.2 Å². The van der Waals surface area contributed by atoms with Gasteiger partial charge in [-0.1, -0.05) is 0 Å². The maximum absolute atomic E-state index is 12.1. The van der Waals surface area contributed by atoms with Crippen molar-refractivity contribution in [1.29, 1.82) is 0 Å². The second-order valence-corrected chi connectivity index (χ2v) is 5.42. The minimum atomic E-state index is -1.21. The number of nitrogens with two attached hydrogens (primary N) is 1. The van der Waals surface area contributed by atoms with Crippen LogP contribution in [0, 0.1) is 0 Å². The van der Waals surface area contributed by atoms with Gasteiger partial charge in [0.05, 0.1) is 0 Å². The van der Waals surface area contributed by atoms with Gasteiger partial charge in [-0.3, -0.25) is 19.0 Å². The third kappa shape index (κ3) is 4.53. The lowest BCUT2D eigenvalue weighted by molar-refractivity contribution is -0.166. The van der Waals surface area contributed by atoms with Crippen molar-refractivity contribution in [2.45, 2.75) is 45.3 Å². The molecular formula is C14H18N4O8. The lowest BCUT2D eigenvalue weighted by Crippen LogP contribution is -2.42. The molecule has 0 amide bonds. The van der Waals surface area contributed by atoms with E-state index in [0.29, 0.717) is 0 Å². The van der Waals surface area contributed by atoms with Crippen molar-refractivity contribution in [3.63, 3.8) is 0 Å². The van der Waals surface area contributed by atoms with E-state index in [4.69, 9.17) is 24.7 Å². The Morgan fingerprint density at radius 3 is 2.31 bits per heavy atom. The molecule has 1 aromatic heterocycles. The molecule has 2 N–H and O–H groups in total. The first-order valence-corrected chi connectivity index (χ1v) is 7.53. The molecule has 0 spiro atoms. The molecule has 12 heteroatoms. The summed E-state index contributed by atoms with van der Waals surface area (Å²) in [4.78, 5) is 53.2. The van der Waals surface area contributed by atoms with E-state index in [1.54, 1.807) is 0 Å². The SMILES string of the molecule is CC(=O)OC[C@H]1O[C@@H](n2cnc(N)nc2=O)[C@@H](OC(C)=O)[C@H]1OC(C)=O. The van der Waals surface area contributed by atoms with Gasteiger partial charge < -0.3 is 24.7 Å². The summed E-state index contributed by atoms with van der Waals surface area (Å²) in [5.74, 6) is -2.21. The number of anilines is 1. The Hall–Kier alpha value is -3.02. The number of nitrogen functional groups attached to an aromatic ring is 1. The topological polar surface area (TPSA) is 162 Å². The summed E-state index contributed by atoms with van der Waals surface area (Å²) in [6.07, 6.45) is -3.45. The van der Waals surface area contributed by atoms with Gasteiger partial charge in [0.15, 0.2) is 18.4 Å². The standard InChI is InChI=1S/C14H18N4O8/c1-6(19)23-4-9-10(24-7(2)20)11(25-8(3)21)12(26-9)18-5-16-13(15)17-14(18)22/h5,9-12H,4H2,1-3H3,(H2,15,17,22)/t9-,10+,11+,12-/m1/s1. The van der Waals surface area contributed by atoms with E-state index in [1.165, 1.54) is 6.92 Å². The molecule has 0 bridgehead atoms. The van der Waals surface area contributed by atoms with Crippen molar-refractivity contribution in [2.24, 2.45) is 0 Å². The van der Waals surface area contributed by atoms with Crippen LogP contribution < -0.4 is 11.4 Å². The summed E-state index contributed by atoms with van der Waals surface area (Å²) in [5.41, 5.74) is 4.54. The van der Waals surface area contributed by atoms with Crippen LogP contribution in [0.25, 0.3) is 0 Å². The van der Waals surface area contributed by atoms with Crippen LogP contribution in [-0.4, -0.2) is 57.4 Å². The molecule has 4 atom stereocenters. The molecule has 1 fully saturated rings. The molecule has 1 aliphatic heterocycles. The Balaban J connectivity index is 2.40. The maximum Gasteiger partial charge on any atom is 0.354 e. The van der Waals surface area contributed by atoms with E-state index in [2.05, 4.69) is 9.97 Å². The minimum absolute atomic E-state index is 0.249. The molecule has 1 saturated heterocycles. The first-order valence-electron chi connectivity index (χ1n) is 7.53. The summed E-state index contributed by atoms with van der Waals surface area (Å²) in [6.45, 7) is 3.20. The predicted molar refractivity (Wildman–Crippen MR) is 82.4 cm³/mol. The first-order chi connectivity index (χ1) is 12.2. The zero-order valence-electron chi connectivity index (χ0n) is 14.3. The Bertz CT molecular complexity index is 764. The van der Waals surface area contributed by atoms with Crippen LogP contribution in [0.3, 0.4) is 0 Å². The average molecular weight is 370 g/mol. The Morgan fingerprint density at radius 1 is 1.15 bits per heavy atom. The molecule has 2 rings (SSSR count). The molecule has 2 heterocycles. The van der Waals surface area contributed by atoms with E-state index < -0.39 is 48.1 Å². The van der Waals surface area contributed by atoms with Gasteiger partial charge in [0.25, 0.3) is 0 Å². The van der Waals surface area contributed by atoms with E-state index in [0.717, 1.165) is 24.7 Å². The third-order valence-electron chi connectivity index (χ3n) is 3.36. The van der Waals surface area contributed by atoms with Crippen molar-refractivity contribution >= 4 is 23.9 Å². The number of aromatic nitrogens is 3. The third-order valence-corrected chi connectivity index (χ3v) is 3.36. The predicted octanol–water partition coefficient (Wildman–Crippen LogP) is -1.46. The fourth-order valence-corrected chi connectivity index (χ4v) is 2.45. The van der Waals surface area contributed by atoms with E-state index >= 15 is 0 Å². The Kier molecular flexibility index (Phi) is 5.87. The van der Waals surface area contributed by atoms with E-state index in [-0.39, 0.29) is 12.6 Å². The molecule has 0 radical (unpaired) electrons. The largest absolute Gasteiger partial charge is 0.463 e. The van der Waals surface area contributed by atoms with Crippen molar-refractivity contribution in [3.05, 3.63) is 16.8 Å². The highest BCUT2D eigenvalue weighted by Gasteiger charge is 2.51. The second-order valence-electron chi connectivity index (χ2n) is 5.42. The van der Waals surface area contributed by atoms with Crippen LogP contribution in [0.4, 0.5) is 5.95 Å². The number of nitrogens with zero attached hydrogens (tertiary/aromatic N) is 3. The maximum atomic E-state index is 12.1. The highest BCUT2D eigenvalue weighted by atomic mass is 16.7. The van der Waals surface area contributed by atoms with Crippen LogP contribution in [-0.2, 0) is 33.3 Å². The van der Waals surface area contributed by atoms with Gasteiger partial charge in [-0.2, -0.15) is 4.98 Å². The van der Waals surface area contributed by atoms with Gasteiger partial charge in [-0.25, -0.2) is 9.78 Å². The van der Waals surface area contributed by atoms with Crippen LogP contribution in [0.1, 0.15) is 27.0 Å². The normalized spacial score (nSPS) is 24.7. The molecule has 0 saturated carbocycles. The lowest BCUT2D eigenvalue weighted by atomic mass is 10.1. The fraction of sp³-hybridized carbons (Fsp3) is 0.571. The molecule has 12 nitrogen and oxygen atoms in total. The van der Waals surface area contributed by atoms with Crippen LogP contribution >= 0.6 is 0 Å². The monoisotopic (exact) mass is 370 g/mol. The van der Waals surface area contributed by atoms with Gasteiger partial charge >= 0.3 is 23.6 Å². The van der Waals surface area contributed by atoms with Crippen molar-refractivity contribution in [3.8, 4) is 0 Å². The van der Waals surface area contributed by atoms with Crippen LogP contribution in [0.5, 0.6) is 0 Å². The highest BCUT2D eigenvalue weighted by Crippen LogP contribution is 2.33. The molecule has 0 unspecified atom stereocenters. The Morgan fingerprint density at radius 2 is 1.77 bits per heavy atom. The van der Waals surface area contributed by atoms with E-state index in [1.807, 2.05) is 0 Å². The highest BCUT2D eigenvalue weighted by molar-refractivity contribution is 5.67. The summed E-state index contributed by atoms with van der Waals surface area (Å²) in [6, 6.07) is 0.